The molecule has 0 aliphatic carbocycles. The van der Waals surface area contributed by atoms with Crippen LogP contribution in [0.3, 0.4) is 0 Å². The summed E-state index contributed by atoms with van der Waals surface area (Å²) in [5.74, 6) is -0.691. The van der Waals surface area contributed by atoms with Crippen LogP contribution in [0.5, 0.6) is 5.88 Å². The Hall–Kier alpha value is -2.63. The minimum absolute atomic E-state index is 0.0304. The van der Waals surface area contributed by atoms with Gasteiger partial charge in [0.25, 0.3) is 0 Å². The molecular formula is C13H13N3O3. The maximum Gasteiger partial charge on any atom is 0.339 e. The Morgan fingerprint density at radius 1 is 1.32 bits per heavy atom. The third-order valence-corrected chi connectivity index (χ3v) is 2.51. The minimum atomic E-state index is -1.08. The molecular weight excluding hydrogens is 246 g/mol. The zero-order valence-electron chi connectivity index (χ0n) is 10.3. The number of methoxy groups -OCH3 is 1. The largest absolute Gasteiger partial charge is 0.480 e. The molecule has 1 aromatic heterocycles. The van der Waals surface area contributed by atoms with Crippen molar-refractivity contribution in [3.8, 4) is 5.88 Å². The van der Waals surface area contributed by atoms with E-state index in [4.69, 9.17) is 9.84 Å². The molecule has 1 heterocycles. The number of aromatic nitrogens is 2. The molecule has 0 unspecified atom stereocenters. The van der Waals surface area contributed by atoms with Crippen LogP contribution in [0.2, 0.25) is 0 Å². The number of nitrogens with one attached hydrogen (secondary N) is 1. The van der Waals surface area contributed by atoms with Gasteiger partial charge in [-0.1, -0.05) is 30.3 Å². The van der Waals surface area contributed by atoms with Gasteiger partial charge >= 0.3 is 5.97 Å². The maximum absolute atomic E-state index is 11.1. The highest BCUT2D eigenvalue weighted by atomic mass is 16.5. The van der Waals surface area contributed by atoms with Crippen molar-refractivity contribution in [1.29, 1.82) is 0 Å². The van der Waals surface area contributed by atoms with Gasteiger partial charge in [-0.3, -0.25) is 0 Å². The number of carboxylic acid groups (broad SMARTS) is 1. The lowest BCUT2D eigenvalue weighted by Gasteiger charge is -2.08. The summed E-state index contributed by atoms with van der Waals surface area (Å²) >= 11 is 0. The van der Waals surface area contributed by atoms with Gasteiger partial charge in [-0.25, -0.2) is 4.79 Å². The summed E-state index contributed by atoms with van der Waals surface area (Å²) in [5.41, 5.74) is 1.05. The Labute approximate surface area is 110 Å². The number of ether oxygens (including phenoxy) is 1. The molecule has 6 heteroatoms. The molecule has 1 aromatic carbocycles. The van der Waals surface area contributed by atoms with Crippen LogP contribution in [0.15, 0.2) is 36.4 Å². The molecule has 0 aliphatic rings. The predicted molar refractivity (Wildman–Crippen MR) is 69.3 cm³/mol. The number of nitrogens with zero attached hydrogens (tertiary/aromatic N) is 2. The van der Waals surface area contributed by atoms with Crippen molar-refractivity contribution in [3.05, 3.63) is 47.5 Å². The van der Waals surface area contributed by atoms with E-state index >= 15 is 0 Å². The van der Waals surface area contributed by atoms with E-state index in [0.717, 1.165) is 5.56 Å². The number of rotatable bonds is 5. The van der Waals surface area contributed by atoms with Gasteiger partial charge in [-0.2, -0.15) is 0 Å². The summed E-state index contributed by atoms with van der Waals surface area (Å²) in [6.07, 6.45) is 0. The van der Waals surface area contributed by atoms with E-state index in [9.17, 15) is 4.79 Å². The van der Waals surface area contributed by atoms with Crippen LogP contribution in [0.4, 0.5) is 5.82 Å². The highest BCUT2D eigenvalue weighted by molar-refractivity contribution is 5.93. The maximum atomic E-state index is 11.1. The summed E-state index contributed by atoms with van der Waals surface area (Å²) in [7, 11) is 1.41. The summed E-state index contributed by atoms with van der Waals surface area (Å²) in [6, 6.07) is 10.9. The third-order valence-electron chi connectivity index (χ3n) is 2.51. The number of carboxylic acids is 1. The predicted octanol–water partition coefficient (Wildman–Crippen LogP) is 1.80. The molecule has 0 atom stereocenters. The molecule has 0 saturated heterocycles. The fraction of sp³-hybridized carbons (Fsp3) is 0.154. The second-order valence-corrected chi connectivity index (χ2v) is 3.79. The van der Waals surface area contributed by atoms with Crippen LogP contribution < -0.4 is 10.1 Å². The van der Waals surface area contributed by atoms with E-state index in [0.29, 0.717) is 6.54 Å². The van der Waals surface area contributed by atoms with Crippen molar-refractivity contribution in [2.24, 2.45) is 0 Å². The second-order valence-electron chi connectivity index (χ2n) is 3.79. The van der Waals surface area contributed by atoms with Gasteiger partial charge < -0.3 is 15.2 Å². The van der Waals surface area contributed by atoms with Crippen LogP contribution >= 0.6 is 0 Å². The first-order valence-electron chi connectivity index (χ1n) is 5.63. The summed E-state index contributed by atoms with van der Waals surface area (Å²) in [4.78, 5) is 11.1. The fourth-order valence-corrected chi connectivity index (χ4v) is 1.55. The number of hydrogen-bond acceptors (Lipinski definition) is 5. The average molecular weight is 259 g/mol. The third kappa shape index (κ3) is 3.19. The standard InChI is InChI=1S/C13H13N3O3/c1-19-11-7-10(13(17)18)12(16-15-11)14-8-9-5-3-2-4-6-9/h2-7H,8H2,1H3,(H,14,16)(H,17,18). The Morgan fingerprint density at radius 3 is 2.68 bits per heavy atom. The molecule has 0 spiro atoms. The Kier molecular flexibility index (Phi) is 3.92. The van der Waals surface area contributed by atoms with E-state index in [1.54, 1.807) is 0 Å². The van der Waals surface area contributed by atoms with Gasteiger partial charge in [-0.15, -0.1) is 10.2 Å². The van der Waals surface area contributed by atoms with E-state index in [1.165, 1.54) is 13.2 Å². The van der Waals surface area contributed by atoms with Gasteiger partial charge in [0.1, 0.15) is 5.56 Å². The van der Waals surface area contributed by atoms with Gasteiger partial charge in [-0.05, 0) is 5.56 Å². The van der Waals surface area contributed by atoms with E-state index < -0.39 is 5.97 Å². The molecule has 0 bridgehead atoms. The molecule has 2 N–H and O–H groups in total. The number of hydrogen-bond donors (Lipinski definition) is 2. The lowest BCUT2D eigenvalue weighted by molar-refractivity contribution is 0.0696. The number of anilines is 1. The molecule has 0 amide bonds. The monoisotopic (exact) mass is 259 g/mol. The topological polar surface area (TPSA) is 84.3 Å². The zero-order chi connectivity index (χ0) is 13.7. The number of carbonyl (C=O) groups is 1. The molecule has 0 aliphatic heterocycles. The van der Waals surface area contributed by atoms with Crippen LogP contribution in [0.1, 0.15) is 15.9 Å². The van der Waals surface area contributed by atoms with E-state index in [-0.39, 0.29) is 17.3 Å². The number of benzene rings is 1. The molecule has 0 radical (unpaired) electrons. The molecule has 2 rings (SSSR count). The SMILES string of the molecule is COc1cc(C(=O)O)c(NCc2ccccc2)nn1. The molecule has 19 heavy (non-hydrogen) atoms. The molecule has 2 aromatic rings. The zero-order valence-corrected chi connectivity index (χ0v) is 10.3. The number of aromatic carboxylic acids is 1. The molecule has 0 saturated carbocycles. The van der Waals surface area contributed by atoms with Crippen LogP contribution in [0.25, 0.3) is 0 Å². The smallest absolute Gasteiger partial charge is 0.339 e. The molecule has 6 nitrogen and oxygen atoms in total. The Bertz CT molecular complexity index is 573. The molecule has 0 fully saturated rings. The van der Waals surface area contributed by atoms with Crippen LogP contribution in [-0.4, -0.2) is 28.4 Å². The average Bonchev–Trinajstić information content (AvgIpc) is 2.46. The lowest BCUT2D eigenvalue weighted by atomic mass is 10.2. The Balaban J connectivity index is 2.18. The Morgan fingerprint density at radius 2 is 2.05 bits per heavy atom. The van der Waals surface area contributed by atoms with Crippen molar-refractivity contribution in [1.82, 2.24) is 10.2 Å². The van der Waals surface area contributed by atoms with E-state index in [2.05, 4.69) is 15.5 Å². The first-order valence-corrected chi connectivity index (χ1v) is 5.63. The van der Waals surface area contributed by atoms with Crippen molar-refractivity contribution < 1.29 is 14.6 Å². The summed E-state index contributed by atoms with van der Waals surface area (Å²) in [6.45, 7) is 0.474. The summed E-state index contributed by atoms with van der Waals surface area (Å²) < 4.78 is 4.86. The lowest BCUT2D eigenvalue weighted by Crippen LogP contribution is -2.10. The van der Waals surface area contributed by atoms with Gasteiger partial charge in [0.15, 0.2) is 5.82 Å². The highest BCUT2D eigenvalue weighted by Crippen LogP contribution is 2.17. The van der Waals surface area contributed by atoms with E-state index in [1.807, 2.05) is 30.3 Å². The quantitative estimate of drug-likeness (QED) is 0.851. The second kappa shape index (κ2) is 5.81. The normalized spacial score (nSPS) is 9.95. The molecule has 98 valence electrons. The van der Waals surface area contributed by atoms with Crippen LogP contribution in [-0.2, 0) is 6.54 Å². The van der Waals surface area contributed by atoms with Gasteiger partial charge in [0, 0.05) is 12.6 Å². The van der Waals surface area contributed by atoms with Gasteiger partial charge in [0.05, 0.1) is 7.11 Å². The first kappa shape index (κ1) is 12.8. The minimum Gasteiger partial charge on any atom is -0.480 e. The van der Waals surface area contributed by atoms with Crippen molar-refractivity contribution in [2.75, 3.05) is 12.4 Å². The fourth-order valence-electron chi connectivity index (χ4n) is 1.55. The van der Waals surface area contributed by atoms with Gasteiger partial charge in [0.2, 0.25) is 5.88 Å². The first-order chi connectivity index (χ1) is 9.20. The van der Waals surface area contributed by atoms with Crippen molar-refractivity contribution in [3.63, 3.8) is 0 Å². The summed E-state index contributed by atoms with van der Waals surface area (Å²) in [5, 5.41) is 19.6. The van der Waals surface area contributed by atoms with Crippen molar-refractivity contribution in [2.45, 2.75) is 6.54 Å². The highest BCUT2D eigenvalue weighted by Gasteiger charge is 2.14. The van der Waals surface area contributed by atoms with Crippen LogP contribution in [0, 0.1) is 0 Å². The van der Waals surface area contributed by atoms with Crippen molar-refractivity contribution >= 4 is 11.8 Å².